The highest BCUT2D eigenvalue weighted by Gasteiger charge is 2.19. The number of halogens is 1. The van der Waals surface area contributed by atoms with E-state index >= 15 is 0 Å². The molecule has 1 amide bonds. The molecule has 0 aliphatic rings. The molecule has 1 unspecified atom stereocenters. The van der Waals surface area contributed by atoms with Crippen molar-refractivity contribution in [1.82, 2.24) is 5.32 Å². The normalized spacial score (nSPS) is 12.9. The van der Waals surface area contributed by atoms with E-state index in [1.54, 1.807) is 25.1 Å². The average molecular weight is 434 g/mol. The summed E-state index contributed by atoms with van der Waals surface area (Å²) in [6.07, 6.45) is -0.492. The minimum Gasteiger partial charge on any atom is -0.364 e. The number of alkyl halides is 1. The Bertz CT molecular complexity index is 808. The van der Waals surface area contributed by atoms with Crippen LogP contribution in [0.1, 0.15) is 6.92 Å². The molecule has 0 aromatic heterocycles. The van der Waals surface area contributed by atoms with Gasteiger partial charge in [0, 0.05) is 5.39 Å². The van der Waals surface area contributed by atoms with E-state index in [4.69, 9.17) is 0 Å². The third-order valence-corrected chi connectivity index (χ3v) is 4.62. The predicted octanol–water partition coefficient (Wildman–Crippen LogP) is 2.40. The summed E-state index contributed by atoms with van der Waals surface area (Å²) in [6.45, 7) is 1.69. The number of rotatable bonds is 5. The summed E-state index contributed by atoms with van der Waals surface area (Å²) in [6, 6.07) is 10.2. The van der Waals surface area contributed by atoms with Gasteiger partial charge >= 0.3 is 0 Å². The van der Waals surface area contributed by atoms with Gasteiger partial charge in [0.25, 0.3) is 10.1 Å². The first-order chi connectivity index (χ1) is 10.3. The third-order valence-electron chi connectivity index (χ3n) is 3.03. The fourth-order valence-corrected chi connectivity index (χ4v) is 3.04. The van der Waals surface area contributed by atoms with Crippen molar-refractivity contribution >= 4 is 55.1 Å². The van der Waals surface area contributed by atoms with Crippen molar-refractivity contribution in [3.05, 3.63) is 36.4 Å². The number of carbonyl (C=O) groups is 1. The van der Waals surface area contributed by atoms with Gasteiger partial charge in [0.05, 0.1) is 16.3 Å². The summed E-state index contributed by atoms with van der Waals surface area (Å²) < 4.78 is 32.9. The third kappa shape index (κ3) is 3.87. The number of amides is 1. The van der Waals surface area contributed by atoms with E-state index in [9.17, 15) is 17.8 Å². The predicted molar refractivity (Wildman–Crippen MR) is 93.9 cm³/mol. The molecule has 0 saturated carbocycles. The topological polar surface area (TPSA) is 95.5 Å². The number of carbonyl (C=O) groups excluding carboxylic acids is 1. The molecule has 0 radical (unpaired) electrons. The van der Waals surface area contributed by atoms with Gasteiger partial charge in [-0.1, -0.05) is 52.9 Å². The second kappa shape index (κ2) is 6.80. The largest absolute Gasteiger partial charge is 0.364 e. The van der Waals surface area contributed by atoms with Gasteiger partial charge in [-0.25, -0.2) is 0 Å². The van der Waals surface area contributed by atoms with Crippen LogP contribution in [0.3, 0.4) is 0 Å². The van der Waals surface area contributed by atoms with Crippen LogP contribution in [-0.2, 0) is 14.9 Å². The Balaban J connectivity index is 2.51. The van der Waals surface area contributed by atoms with Gasteiger partial charge in [-0.2, -0.15) is 8.42 Å². The quantitative estimate of drug-likeness (QED) is 0.291. The fourth-order valence-electron chi connectivity index (χ4n) is 2.15. The number of hydrogen-bond acceptors (Lipinski definition) is 4. The Hall–Kier alpha value is -1.39. The van der Waals surface area contributed by atoms with Gasteiger partial charge in [-0.05, 0) is 18.4 Å². The van der Waals surface area contributed by atoms with Crippen molar-refractivity contribution in [1.29, 1.82) is 0 Å². The van der Waals surface area contributed by atoms with Crippen LogP contribution in [0.25, 0.3) is 10.8 Å². The lowest BCUT2D eigenvalue weighted by Gasteiger charge is -2.20. The molecule has 0 spiro atoms. The number of nitrogens with one attached hydrogen (secondary N) is 2. The number of anilines is 1. The molecule has 2 rings (SSSR count). The van der Waals surface area contributed by atoms with Gasteiger partial charge in [-0.15, -0.1) is 0 Å². The van der Waals surface area contributed by atoms with Crippen molar-refractivity contribution in [2.24, 2.45) is 0 Å². The molecule has 0 fully saturated rings. The molecule has 1 atom stereocenters. The van der Waals surface area contributed by atoms with Crippen molar-refractivity contribution in [2.45, 2.75) is 18.0 Å². The first-order valence-corrected chi connectivity index (χ1v) is 9.40. The van der Waals surface area contributed by atoms with Crippen LogP contribution >= 0.6 is 22.6 Å². The Morgan fingerprint density at radius 3 is 2.59 bits per heavy atom. The molecule has 22 heavy (non-hydrogen) atoms. The van der Waals surface area contributed by atoms with E-state index in [2.05, 4.69) is 10.6 Å². The molecule has 0 bridgehead atoms. The monoisotopic (exact) mass is 434 g/mol. The molecule has 118 valence electrons. The Kier molecular flexibility index (Phi) is 5.24. The highest BCUT2D eigenvalue weighted by molar-refractivity contribution is 14.1. The minimum atomic E-state index is -4.38. The lowest BCUT2D eigenvalue weighted by atomic mass is 10.1. The van der Waals surface area contributed by atoms with Crippen LogP contribution in [0.2, 0.25) is 0 Å². The van der Waals surface area contributed by atoms with Gasteiger partial charge in [0.2, 0.25) is 5.91 Å². The molecule has 0 saturated heterocycles. The first kappa shape index (κ1) is 17.0. The summed E-state index contributed by atoms with van der Waals surface area (Å²) in [5, 5.41) is 7.11. The summed E-state index contributed by atoms with van der Waals surface area (Å²) >= 11 is 1.94. The van der Waals surface area contributed by atoms with Crippen LogP contribution in [-0.4, -0.2) is 29.5 Å². The molecule has 2 aromatic carbocycles. The molecule has 2 aromatic rings. The molecule has 3 N–H and O–H groups in total. The summed E-state index contributed by atoms with van der Waals surface area (Å²) in [5.41, 5.74) is 0.266. The maximum Gasteiger partial charge on any atom is 0.296 e. The zero-order valence-corrected chi connectivity index (χ0v) is 14.7. The fraction of sp³-hybridized carbons (Fsp3) is 0.214. The van der Waals surface area contributed by atoms with E-state index in [0.717, 1.165) is 5.39 Å². The molecule has 8 heteroatoms. The number of benzene rings is 2. The minimum absolute atomic E-state index is 0.172. The van der Waals surface area contributed by atoms with Crippen LogP contribution in [0, 0.1) is 0 Å². The smallest absolute Gasteiger partial charge is 0.296 e. The summed E-state index contributed by atoms with van der Waals surface area (Å²) in [5.74, 6) is -0.172. The van der Waals surface area contributed by atoms with E-state index < -0.39 is 16.3 Å². The average Bonchev–Trinajstić information content (AvgIpc) is 2.46. The first-order valence-electron chi connectivity index (χ1n) is 6.44. The standard InChI is InChI=1S/C14H15IN2O4S/c1-9(16-13(18)8-15)17-14-11-5-3-2-4-10(11)6-7-12(14)22(19,20)21/h2-7,9,17H,8H2,1H3,(H,16,18)(H,19,20,21). The van der Waals surface area contributed by atoms with E-state index in [1.165, 1.54) is 6.07 Å². The number of hydrogen-bond donors (Lipinski definition) is 3. The van der Waals surface area contributed by atoms with E-state index in [0.29, 0.717) is 9.81 Å². The maximum atomic E-state index is 11.6. The van der Waals surface area contributed by atoms with Gasteiger partial charge in [0.1, 0.15) is 4.90 Å². The molecule has 0 aliphatic heterocycles. The highest BCUT2D eigenvalue weighted by atomic mass is 127. The molecule has 0 heterocycles. The molecular weight excluding hydrogens is 419 g/mol. The zero-order chi connectivity index (χ0) is 16.3. The SMILES string of the molecule is CC(NC(=O)CI)Nc1c(S(=O)(=O)O)ccc2ccccc12. The van der Waals surface area contributed by atoms with Crippen molar-refractivity contribution in [3.8, 4) is 0 Å². The van der Waals surface area contributed by atoms with Gasteiger partial charge in [-0.3, -0.25) is 9.35 Å². The lowest BCUT2D eigenvalue weighted by Crippen LogP contribution is -2.39. The van der Waals surface area contributed by atoms with E-state index in [-0.39, 0.29) is 16.5 Å². The molecule has 6 nitrogen and oxygen atoms in total. The van der Waals surface area contributed by atoms with Crippen molar-refractivity contribution < 1.29 is 17.8 Å². The van der Waals surface area contributed by atoms with E-state index in [1.807, 2.05) is 34.7 Å². The van der Waals surface area contributed by atoms with Crippen LogP contribution in [0.5, 0.6) is 0 Å². The number of fused-ring (bicyclic) bond motifs is 1. The molecule has 0 aliphatic carbocycles. The second-order valence-corrected chi connectivity index (χ2v) is 6.85. The lowest BCUT2D eigenvalue weighted by molar-refractivity contribution is -0.118. The van der Waals surface area contributed by atoms with Crippen LogP contribution in [0.4, 0.5) is 5.69 Å². The van der Waals surface area contributed by atoms with Crippen molar-refractivity contribution in [2.75, 3.05) is 9.74 Å². The van der Waals surface area contributed by atoms with Crippen molar-refractivity contribution in [3.63, 3.8) is 0 Å². The maximum absolute atomic E-state index is 11.6. The van der Waals surface area contributed by atoms with Crippen LogP contribution in [0.15, 0.2) is 41.3 Å². The van der Waals surface area contributed by atoms with Gasteiger partial charge in [0.15, 0.2) is 0 Å². The Morgan fingerprint density at radius 2 is 1.95 bits per heavy atom. The van der Waals surface area contributed by atoms with Gasteiger partial charge < -0.3 is 10.6 Å². The molecular formula is C14H15IN2O4S. The Labute approximate surface area is 142 Å². The van der Waals surface area contributed by atoms with Crippen LogP contribution < -0.4 is 10.6 Å². The summed E-state index contributed by atoms with van der Waals surface area (Å²) in [4.78, 5) is 11.2. The summed E-state index contributed by atoms with van der Waals surface area (Å²) in [7, 11) is -4.38. The Morgan fingerprint density at radius 1 is 1.27 bits per heavy atom. The highest BCUT2D eigenvalue weighted by Crippen LogP contribution is 2.31. The zero-order valence-electron chi connectivity index (χ0n) is 11.7. The second-order valence-electron chi connectivity index (χ2n) is 4.70.